The predicted molar refractivity (Wildman–Crippen MR) is 86.2 cm³/mol. The Kier molecular flexibility index (Phi) is 5.41. The number of carbonyl (C=O) groups excluding carboxylic acids is 1. The number of rotatable bonds is 1. The zero-order valence-electron chi connectivity index (χ0n) is 13.1. The molecule has 1 amide bonds. The molecule has 6 nitrogen and oxygen atoms in total. The summed E-state index contributed by atoms with van der Waals surface area (Å²) in [6.07, 6.45) is 5.75. The maximum Gasteiger partial charge on any atom is 0.230 e. The highest BCUT2D eigenvalue weighted by molar-refractivity contribution is 5.94. The number of hydrogen-bond donors (Lipinski definition) is 4. The van der Waals surface area contributed by atoms with E-state index in [-0.39, 0.29) is 17.2 Å². The molecule has 1 aliphatic rings. The van der Waals surface area contributed by atoms with E-state index in [0.717, 1.165) is 0 Å². The molecule has 124 valence electrons. The Morgan fingerprint density at radius 3 is 2.70 bits per heavy atom. The van der Waals surface area contributed by atoms with Gasteiger partial charge in [-0.05, 0) is 12.5 Å². The number of phenolic OH excluding ortho intramolecular Hbond substituents is 2. The van der Waals surface area contributed by atoms with Crippen molar-refractivity contribution in [1.82, 2.24) is 0 Å². The molecule has 1 aliphatic heterocycles. The fourth-order valence-electron chi connectivity index (χ4n) is 2.36. The van der Waals surface area contributed by atoms with Gasteiger partial charge in [0.1, 0.15) is 11.5 Å². The molecule has 0 aromatic heterocycles. The van der Waals surface area contributed by atoms with Gasteiger partial charge in [0.2, 0.25) is 5.91 Å². The standard InChI is InChI=1S/C17H21NO5/c1-10-14(20)6-4-3-5-7-15(23-2)12-8-11(19)9-13(16(12)21)18-17(10)22/h3-6,8-10,14-15,19-21H,7H2,1-2H3,(H,18,22)/b5-3+,6-4+/t10-,14-,15-/m1/s1. The zero-order chi connectivity index (χ0) is 17.0. The first kappa shape index (κ1) is 17.1. The third kappa shape index (κ3) is 3.91. The smallest absolute Gasteiger partial charge is 0.230 e. The van der Waals surface area contributed by atoms with Gasteiger partial charge in [0.05, 0.1) is 23.8 Å². The molecule has 0 radical (unpaired) electrons. The highest BCUT2D eigenvalue weighted by Gasteiger charge is 2.24. The van der Waals surface area contributed by atoms with Gasteiger partial charge in [-0.1, -0.05) is 31.2 Å². The number of aromatic hydroxyl groups is 2. The number of aliphatic hydroxyl groups excluding tert-OH is 1. The number of carbonyl (C=O) groups is 1. The normalized spacial score (nSPS) is 28.0. The van der Waals surface area contributed by atoms with Crippen molar-refractivity contribution in [2.24, 2.45) is 5.92 Å². The molecular weight excluding hydrogens is 298 g/mol. The van der Waals surface area contributed by atoms with Crippen LogP contribution in [-0.4, -0.2) is 34.4 Å². The molecule has 1 aromatic carbocycles. The Hall–Kier alpha value is -2.31. The van der Waals surface area contributed by atoms with Gasteiger partial charge in [-0.15, -0.1) is 0 Å². The number of methoxy groups -OCH3 is 1. The molecule has 4 N–H and O–H groups in total. The van der Waals surface area contributed by atoms with Gasteiger partial charge in [-0.2, -0.15) is 0 Å². The van der Waals surface area contributed by atoms with E-state index in [1.165, 1.54) is 25.3 Å². The van der Waals surface area contributed by atoms with E-state index >= 15 is 0 Å². The van der Waals surface area contributed by atoms with E-state index in [0.29, 0.717) is 12.0 Å². The van der Waals surface area contributed by atoms with Crippen LogP contribution in [0.3, 0.4) is 0 Å². The predicted octanol–water partition coefficient (Wildman–Crippen LogP) is 2.24. The van der Waals surface area contributed by atoms with E-state index in [1.807, 2.05) is 6.08 Å². The average molecular weight is 319 g/mol. The summed E-state index contributed by atoms with van der Waals surface area (Å²) in [5.41, 5.74) is 0.460. The summed E-state index contributed by atoms with van der Waals surface area (Å²) >= 11 is 0. The molecule has 0 saturated carbocycles. The third-order valence-corrected chi connectivity index (χ3v) is 3.84. The quantitative estimate of drug-likeness (QED) is 0.470. The van der Waals surface area contributed by atoms with Gasteiger partial charge in [-0.3, -0.25) is 4.79 Å². The van der Waals surface area contributed by atoms with Crippen LogP contribution in [0, 0.1) is 5.92 Å². The van der Waals surface area contributed by atoms with E-state index < -0.39 is 24.0 Å². The lowest BCUT2D eigenvalue weighted by atomic mass is 10.0. The maximum atomic E-state index is 12.2. The van der Waals surface area contributed by atoms with Gasteiger partial charge in [0.15, 0.2) is 0 Å². The molecule has 1 heterocycles. The molecule has 3 atom stereocenters. The number of nitrogens with one attached hydrogen (secondary N) is 1. The van der Waals surface area contributed by atoms with Crippen molar-refractivity contribution < 1.29 is 24.9 Å². The zero-order valence-corrected chi connectivity index (χ0v) is 13.1. The summed E-state index contributed by atoms with van der Waals surface area (Å²) < 4.78 is 5.36. The molecule has 0 aliphatic carbocycles. The summed E-state index contributed by atoms with van der Waals surface area (Å²) in [4.78, 5) is 12.2. The number of hydrogen-bond acceptors (Lipinski definition) is 5. The Balaban J connectivity index is 2.50. The van der Waals surface area contributed by atoms with Gasteiger partial charge in [0, 0.05) is 18.7 Å². The van der Waals surface area contributed by atoms with Crippen molar-refractivity contribution in [1.29, 1.82) is 0 Å². The number of anilines is 1. The molecule has 0 spiro atoms. The summed E-state index contributed by atoms with van der Waals surface area (Å²) in [6, 6.07) is 2.66. The van der Waals surface area contributed by atoms with E-state index in [9.17, 15) is 20.1 Å². The number of allylic oxidation sites excluding steroid dienone is 2. The van der Waals surface area contributed by atoms with E-state index in [1.54, 1.807) is 19.1 Å². The van der Waals surface area contributed by atoms with Gasteiger partial charge in [0.25, 0.3) is 0 Å². The SMILES string of the molecule is CO[C@@H]1C/C=C/C=C/[C@@H](O)[C@@H](C)C(=O)Nc2cc(O)cc1c2O. The van der Waals surface area contributed by atoms with Crippen LogP contribution in [0.1, 0.15) is 25.0 Å². The van der Waals surface area contributed by atoms with Crippen molar-refractivity contribution in [3.05, 3.63) is 42.0 Å². The average Bonchev–Trinajstić information content (AvgIpc) is 2.52. The lowest BCUT2D eigenvalue weighted by Crippen LogP contribution is -2.29. The van der Waals surface area contributed by atoms with Gasteiger partial charge >= 0.3 is 0 Å². The molecule has 0 unspecified atom stereocenters. The molecule has 6 heteroatoms. The van der Waals surface area contributed by atoms with Gasteiger partial charge < -0.3 is 25.4 Å². The summed E-state index contributed by atoms with van der Waals surface area (Å²) in [5.74, 6) is -1.44. The van der Waals surface area contributed by atoms with Crippen molar-refractivity contribution >= 4 is 11.6 Å². The van der Waals surface area contributed by atoms with Crippen molar-refractivity contribution in [3.63, 3.8) is 0 Å². The fourth-order valence-corrected chi connectivity index (χ4v) is 2.36. The van der Waals surface area contributed by atoms with Crippen LogP contribution in [0.4, 0.5) is 5.69 Å². The summed E-state index contributed by atoms with van der Waals surface area (Å²) in [7, 11) is 1.50. The lowest BCUT2D eigenvalue weighted by Gasteiger charge is -2.20. The molecule has 0 saturated heterocycles. The molecular formula is C17H21NO5. The Morgan fingerprint density at radius 2 is 2.00 bits per heavy atom. The van der Waals surface area contributed by atoms with Crippen molar-refractivity contribution in [2.75, 3.05) is 12.4 Å². The van der Waals surface area contributed by atoms with Crippen LogP contribution in [0.2, 0.25) is 0 Å². The first-order chi connectivity index (χ1) is 10.9. The van der Waals surface area contributed by atoms with Gasteiger partial charge in [-0.25, -0.2) is 0 Å². The second kappa shape index (κ2) is 7.30. The second-order valence-corrected chi connectivity index (χ2v) is 5.47. The first-order valence-electron chi connectivity index (χ1n) is 7.35. The number of aliphatic hydroxyl groups is 1. The maximum absolute atomic E-state index is 12.2. The highest BCUT2D eigenvalue weighted by atomic mass is 16.5. The van der Waals surface area contributed by atoms with Crippen LogP contribution in [0.15, 0.2) is 36.4 Å². The molecule has 1 aromatic rings. The number of ether oxygens (including phenoxy) is 1. The number of amides is 1. The topological polar surface area (TPSA) is 99.0 Å². The Morgan fingerprint density at radius 1 is 1.26 bits per heavy atom. The molecule has 0 fully saturated rings. The largest absolute Gasteiger partial charge is 0.508 e. The van der Waals surface area contributed by atoms with Crippen LogP contribution in [-0.2, 0) is 9.53 Å². The molecule has 2 rings (SSSR count). The van der Waals surface area contributed by atoms with Crippen molar-refractivity contribution in [2.45, 2.75) is 25.6 Å². The first-order valence-corrected chi connectivity index (χ1v) is 7.35. The van der Waals surface area contributed by atoms with Crippen LogP contribution in [0.5, 0.6) is 11.5 Å². The van der Waals surface area contributed by atoms with E-state index in [2.05, 4.69) is 5.32 Å². The molecule has 23 heavy (non-hydrogen) atoms. The minimum absolute atomic E-state index is 0.0818. The highest BCUT2D eigenvalue weighted by Crippen LogP contribution is 2.38. The number of fused-ring (bicyclic) bond motifs is 2. The van der Waals surface area contributed by atoms with Crippen LogP contribution in [0.25, 0.3) is 0 Å². The minimum Gasteiger partial charge on any atom is -0.508 e. The Bertz CT molecular complexity index is 638. The molecule has 2 bridgehead atoms. The minimum atomic E-state index is -0.961. The Labute approximate surface area is 134 Å². The number of benzene rings is 1. The van der Waals surface area contributed by atoms with Crippen LogP contribution < -0.4 is 5.32 Å². The number of phenols is 2. The van der Waals surface area contributed by atoms with E-state index in [4.69, 9.17) is 4.74 Å². The monoisotopic (exact) mass is 319 g/mol. The third-order valence-electron chi connectivity index (χ3n) is 3.84. The fraction of sp³-hybridized carbons (Fsp3) is 0.353. The second-order valence-electron chi connectivity index (χ2n) is 5.47. The van der Waals surface area contributed by atoms with Crippen molar-refractivity contribution in [3.8, 4) is 11.5 Å². The van der Waals surface area contributed by atoms with Crippen LogP contribution >= 0.6 is 0 Å². The summed E-state index contributed by atoms with van der Waals surface area (Å²) in [5, 5.41) is 32.8. The lowest BCUT2D eigenvalue weighted by molar-refractivity contribution is -0.121. The summed E-state index contributed by atoms with van der Waals surface area (Å²) in [6.45, 7) is 1.58.